The fourth-order valence-corrected chi connectivity index (χ4v) is 6.21. The molecule has 2 aliphatic rings. The largest absolute Gasteiger partial charge is 3.00 e. The smallest absolute Gasteiger partial charge is 0.493 e. The third kappa shape index (κ3) is 5.55. The van der Waals surface area contributed by atoms with Crippen LogP contribution in [0.4, 0.5) is 22.7 Å². The van der Waals surface area contributed by atoms with E-state index >= 15 is 0 Å². The van der Waals surface area contributed by atoms with Crippen molar-refractivity contribution in [2.75, 3.05) is 9.80 Å². The fraction of sp³-hybridized carbons (Fsp3) is 0.231. The van der Waals surface area contributed by atoms with Crippen LogP contribution in [0.5, 0.6) is 0 Å². The fourth-order valence-electron chi connectivity index (χ4n) is 6.21. The Balaban J connectivity index is 0.000000238. The van der Waals surface area contributed by atoms with Gasteiger partial charge in [-0.3, -0.25) is 0 Å². The number of nitrogens with zero attached hydrogens (tertiary/aromatic N) is 3. The number of anilines is 4. The number of rotatable bonds is 4. The predicted molar refractivity (Wildman–Crippen MR) is 176 cm³/mol. The molecule has 5 aromatic rings. The molecule has 0 saturated carbocycles. The Morgan fingerprint density at radius 1 is 0.674 bits per heavy atom. The summed E-state index contributed by atoms with van der Waals surface area (Å²) in [6, 6.07) is 40.3. The molecule has 0 spiro atoms. The Morgan fingerprint density at radius 2 is 1.35 bits per heavy atom. The van der Waals surface area contributed by atoms with Gasteiger partial charge in [0.1, 0.15) is 0 Å². The Labute approximate surface area is 271 Å². The van der Waals surface area contributed by atoms with Crippen molar-refractivity contribution in [1.29, 1.82) is 0 Å². The van der Waals surface area contributed by atoms with Gasteiger partial charge in [-0.25, -0.2) is 0 Å². The van der Waals surface area contributed by atoms with Crippen LogP contribution in [-0.2, 0) is 25.5 Å². The van der Waals surface area contributed by atoms with E-state index in [2.05, 4.69) is 124 Å². The first-order chi connectivity index (χ1) is 20.3. The van der Waals surface area contributed by atoms with Gasteiger partial charge in [-0.05, 0) is 51.8 Å². The quantitative estimate of drug-likeness (QED) is 0.171. The van der Waals surface area contributed by atoms with E-state index in [0.29, 0.717) is 11.8 Å². The molecule has 0 aliphatic carbocycles. The number of benzene rings is 4. The van der Waals surface area contributed by atoms with Crippen molar-refractivity contribution in [3.8, 4) is 11.3 Å². The number of fused-ring (bicyclic) bond motifs is 2. The van der Waals surface area contributed by atoms with Gasteiger partial charge in [0.2, 0.25) is 0 Å². The van der Waals surface area contributed by atoms with Crippen LogP contribution in [0.1, 0.15) is 75.6 Å². The second kappa shape index (κ2) is 12.5. The van der Waals surface area contributed by atoms with E-state index in [1.807, 2.05) is 48.5 Å². The van der Waals surface area contributed by atoms with Gasteiger partial charge in [-0.2, -0.15) is 24.3 Å². The Morgan fingerprint density at radius 3 is 2.00 bits per heavy atom. The molecule has 0 radical (unpaired) electrons. The van der Waals surface area contributed by atoms with Crippen LogP contribution in [0.15, 0.2) is 103 Å². The Hall–Kier alpha value is -3.72. The van der Waals surface area contributed by atoms with Crippen molar-refractivity contribution >= 4 is 22.7 Å². The minimum atomic E-state index is -0.0583. The molecular weight excluding hydrogens is 703 g/mol. The molecule has 43 heavy (non-hydrogen) atoms. The molecule has 0 bridgehead atoms. The second-order valence-corrected chi connectivity index (χ2v) is 12.2. The molecule has 0 saturated heterocycles. The summed E-state index contributed by atoms with van der Waals surface area (Å²) in [6.45, 7) is 16.1. The molecule has 3 heterocycles. The zero-order valence-corrected chi connectivity index (χ0v) is 28.1. The summed E-state index contributed by atoms with van der Waals surface area (Å²) >= 11 is 0. The zero-order valence-electron chi connectivity index (χ0n) is 25.7. The monoisotopic (exact) mass is 741 g/mol. The molecule has 1 aromatic heterocycles. The summed E-state index contributed by atoms with van der Waals surface area (Å²) in [6.07, 6.45) is 1.79. The summed E-state index contributed by atoms with van der Waals surface area (Å²) < 4.78 is 0. The molecule has 4 heteroatoms. The maximum Gasteiger partial charge on any atom is 3.00 e. The normalized spacial score (nSPS) is 14.0. The van der Waals surface area contributed by atoms with Crippen molar-refractivity contribution in [3.63, 3.8) is 0 Å². The maximum absolute atomic E-state index is 4.22. The summed E-state index contributed by atoms with van der Waals surface area (Å²) in [5, 5.41) is 0. The van der Waals surface area contributed by atoms with Gasteiger partial charge >= 0.3 is 20.1 Å². The second-order valence-electron chi connectivity index (χ2n) is 12.2. The van der Waals surface area contributed by atoms with Crippen molar-refractivity contribution in [2.24, 2.45) is 0 Å². The van der Waals surface area contributed by atoms with Crippen LogP contribution >= 0.6 is 0 Å². The number of pyridine rings is 1. The predicted octanol–water partition coefficient (Wildman–Crippen LogP) is 10.3. The van der Waals surface area contributed by atoms with Gasteiger partial charge in [0.05, 0.1) is 0 Å². The molecule has 4 aromatic carbocycles. The van der Waals surface area contributed by atoms with Gasteiger partial charge in [0.15, 0.2) is 0 Å². The van der Waals surface area contributed by atoms with E-state index in [1.54, 1.807) is 6.20 Å². The number of hydrogen-bond donors (Lipinski definition) is 0. The SMILES string of the molecule is CC(C)c1cccc(C(C)C)c1N1[CH-]N2c3[c-]cccc3C(C)(C)c3cccc1c32.[Ir+3].[c-]1ccccc1-c1ccccn1. The molecule has 0 atom stereocenters. The molecule has 0 amide bonds. The summed E-state index contributed by atoms with van der Waals surface area (Å²) in [5.41, 5.74) is 12.5. The number of para-hydroxylation sites is 3. The molecule has 3 nitrogen and oxygen atoms in total. The minimum Gasteiger partial charge on any atom is -0.493 e. The maximum atomic E-state index is 4.22. The Bertz CT molecular complexity index is 1630. The van der Waals surface area contributed by atoms with E-state index in [9.17, 15) is 0 Å². The van der Waals surface area contributed by atoms with Gasteiger partial charge in [-0.1, -0.05) is 84.0 Å². The van der Waals surface area contributed by atoms with Gasteiger partial charge in [0.25, 0.3) is 0 Å². The van der Waals surface area contributed by atoms with E-state index in [4.69, 9.17) is 0 Å². The summed E-state index contributed by atoms with van der Waals surface area (Å²) in [7, 11) is 0. The molecule has 0 fully saturated rings. The van der Waals surface area contributed by atoms with Crippen LogP contribution in [0.3, 0.4) is 0 Å². The van der Waals surface area contributed by atoms with E-state index in [1.165, 1.54) is 39.3 Å². The van der Waals surface area contributed by atoms with Gasteiger partial charge in [0, 0.05) is 23.3 Å². The average Bonchev–Trinajstić information content (AvgIpc) is 3.41. The number of hydrogen-bond acceptors (Lipinski definition) is 3. The van der Waals surface area contributed by atoms with E-state index in [-0.39, 0.29) is 25.5 Å². The average molecular weight is 741 g/mol. The van der Waals surface area contributed by atoms with Crippen molar-refractivity contribution in [1.82, 2.24) is 4.98 Å². The minimum absolute atomic E-state index is 0. The van der Waals surface area contributed by atoms with Crippen LogP contribution in [0, 0.1) is 18.8 Å². The van der Waals surface area contributed by atoms with Crippen LogP contribution in [-0.4, -0.2) is 4.98 Å². The molecule has 2 aliphatic heterocycles. The summed E-state index contributed by atoms with van der Waals surface area (Å²) in [4.78, 5) is 9.00. The summed E-state index contributed by atoms with van der Waals surface area (Å²) in [5.74, 6) is 0.904. The van der Waals surface area contributed by atoms with Crippen molar-refractivity contribution < 1.29 is 20.1 Å². The topological polar surface area (TPSA) is 19.4 Å². The van der Waals surface area contributed by atoms with E-state index in [0.717, 1.165) is 16.9 Å². The van der Waals surface area contributed by atoms with Crippen molar-refractivity contribution in [2.45, 2.75) is 58.8 Å². The zero-order chi connectivity index (χ0) is 29.4. The Kier molecular flexibility index (Phi) is 8.92. The first-order valence-corrected chi connectivity index (χ1v) is 14.9. The molecule has 218 valence electrons. The molecule has 0 N–H and O–H groups in total. The third-order valence-corrected chi connectivity index (χ3v) is 8.40. The van der Waals surface area contributed by atoms with Crippen LogP contribution < -0.4 is 9.80 Å². The van der Waals surface area contributed by atoms with Crippen LogP contribution in [0.2, 0.25) is 0 Å². The van der Waals surface area contributed by atoms with Crippen LogP contribution in [0.25, 0.3) is 11.3 Å². The van der Waals surface area contributed by atoms with Crippen molar-refractivity contribution in [3.05, 3.63) is 144 Å². The third-order valence-electron chi connectivity index (χ3n) is 8.40. The van der Waals surface area contributed by atoms with E-state index < -0.39 is 0 Å². The molecule has 0 unspecified atom stereocenters. The van der Waals surface area contributed by atoms with Gasteiger partial charge in [-0.15, -0.1) is 53.8 Å². The number of aromatic nitrogens is 1. The first-order valence-electron chi connectivity index (χ1n) is 14.9. The molecular formula is C39H38IrN3. The standard InChI is InChI=1S/C28H30N2.C11H8N.Ir/c1-18(2)20-11-9-12-21(19(3)4)26(20)30-17-29-24-15-8-7-13-22(24)28(5,6)23-14-10-16-25(30)27(23)29;1-2-6-10(7-3-1)11-8-4-5-9-12-11;/h7-14,16-19H,1-6H3;1-6,8-9H;/q-2;-1;+3. The van der Waals surface area contributed by atoms with Gasteiger partial charge < -0.3 is 14.8 Å². The first kappa shape index (κ1) is 30.7. The molecule has 7 rings (SSSR count).